The Kier molecular flexibility index (Phi) is 3.98. The first-order chi connectivity index (χ1) is 8.87. The molecule has 19 heavy (non-hydrogen) atoms. The molecule has 7 heteroatoms. The average Bonchev–Trinajstić information content (AvgIpc) is 2.69. The molecule has 1 saturated heterocycles. The maximum atomic E-state index is 12.7. The average molecular weight is 286 g/mol. The highest BCUT2D eigenvalue weighted by Gasteiger charge is 2.34. The summed E-state index contributed by atoms with van der Waals surface area (Å²) in [5, 5.41) is 6.74. The third-order valence-corrected chi connectivity index (χ3v) is 6.00. The van der Waals surface area contributed by atoms with Crippen molar-refractivity contribution in [1.29, 1.82) is 0 Å². The van der Waals surface area contributed by atoms with Crippen LogP contribution in [0.3, 0.4) is 0 Å². The summed E-state index contributed by atoms with van der Waals surface area (Å²) in [4.78, 5) is 2.56. The maximum absolute atomic E-state index is 12.7. The van der Waals surface area contributed by atoms with Crippen LogP contribution in [0, 0.1) is 13.8 Å². The highest BCUT2D eigenvalue weighted by molar-refractivity contribution is 7.89. The first-order valence-electron chi connectivity index (χ1n) is 6.59. The SMILES string of the molecule is CCC1CN(S(=O)(=O)c2c(C)n[nH]c2C)CCN1C. The Labute approximate surface area is 114 Å². The minimum atomic E-state index is -3.43. The fourth-order valence-corrected chi connectivity index (χ4v) is 4.43. The molecule has 1 atom stereocenters. The van der Waals surface area contributed by atoms with Crippen LogP contribution in [0.5, 0.6) is 0 Å². The molecular weight excluding hydrogens is 264 g/mol. The number of nitrogens with one attached hydrogen (secondary N) is 1. The summed E-state index contributed by atoms with van der Waals surface area (Å²) < 4.78 is 27.0. The number of H-pyrrole nitrogens is 1. The van der Waals surface area contributed by atoms with Crippen LogP contribution in [0.15, 0.2) is 4.90 Å². The van der Waals surface area contributed by atoms with E-state index in [9.17, 15) is 8.42 Å². The van der Waals surface area contributed by atoms with E-state index >= 15 is 0 Å². The number of nitrogens with zero attached hydrogens (tertiary/aromatic N) is 3. The standard InChI is InChI=1S/C12H22N4O2S/c1-5-11-8-16(7-6-15(11)4)19(17,18)12-9(2)13-14-10(12)3/h11H,5-8H2,1-4H3,(H,13,14). The lowest BCUT2D eigenvalue weighted by atomic mass is 10.1. The predicted molar refractivity (Wildman–Crippen MR) is 73.5 cm³/mol. The lowest BCUT2D eigenvalue weighted by Gasteiger charge is -2.38. The van der Waals surface area contributed by atoms with E-state index in [4.69, 9.17) is 0 Å². The summed E-state index contributed by atoms with van der Waals surface area (Å²) in [5.74, 6) is 0. The number of likely N-dealkylation sites (N-methyl/N-ethyl adjacent to an activating group) is 1. The van der Waals surface area contributed by atoms with Crippen LogP contribution in [-0.2, 0) is 10.0 Å². The first-order valence-corrected chi connectivity index (χ1v) is 8.04. The van der Waals surface area contributed by atoms with E-state index in [-0.39, 0.29) is 6.04 Å². The molecular formula is C12H22N4O2S. The van der Waals surface area contributed by atoms with Crippen molar-refractivity contribution in [3.05, 3.63) is 11.4 Å². The number of aromatic nitrogens is 2. The van der Waals surface area contributed by atoms with Gasteiger partial charge in [0, 0.05) is 25.7 Å². The summed E-state index contributed by atoms with van der Waals surface area (Å²) in [5.41, 5.74) is 1.16. The lowest BCUT2D eigenvalue weighted by molar-refractivity contribution is 0.144. The van der Waals surface area contributed by atoms with Gasteiger partial charge in [-0.05, 0) is 27.3 Å². The van der Waals surface area contributed by atoms with E-state index in [0.717, 1.165) is 13.0 Å². The second-order valence-corrected chi connectivity index (χ2v) is 7.04. The highest BCUT2D eigenvalue weighted by atomic mass is 32.2. The quantitative estimate of drug-likeness (QED) is 0.890. The Hall–Kier alpha value is -0.920. The molecule has 6 nitrogen and oxygen atoms in total. The predicted octanol–water partition coefficient (Wildman–Crippen LogP) is 0.741. The van der Waals surface area contributed by atoms with Gasteiger partial charge in [-0.25, -0.2) is 8.42 Å². The van der Waals surface area contributed by atoms with Crippen LogP contribution in [0.2, 0.25) is 0 Å². The zero-order chi connectivity index (χ0) is 14.2. The summed E-state index contributed by atoms with van der Waals surface area (Å²) in [6, 6.07) is 0.288. The molecule has 1 aromatic rings. The normalized spacial score (nSPS) is 22.8. The third-order valence-electron chi connectivity index (χ3n) is 3.87. The van der Waals surface area contributed by atoms with Crippen molar-refractivity contribution in [2.24, 2.45) is 0 Å². The van der Waals surface area contributed by atoms with Crippen LogP contribution < -0.4 is 0 Å². The molecule has 2 heterocycles. The molecule has 1 N–H and O–H groups in total. The van der Waals surface area contributed by atoms with Gasteiger partial charge in [0.15, 0.2) is 0 Å². The summed E-state index contributed by atoms with van der Waals surface area (Å²) in [6.45, 7) is 7.43. The van der Waals surface area contributed by atoms with E-state index in [1.165, 1.54) is 0 Å². The summed E-state index contributed by atoms with van der Waals surface area (Å²) in [6.07, 6.45) is 0.950. The molecule has 2 rings (SSSR count). The smallest absolute Gasteiger partial charge is 0.246 e. The van der Waals surface area contributed by atoms with Crippen molar-refractivity contribution < 1.29 is 8.42 Å². The van der Waals surface area contributed by atoms with Gasteiger partial charge in [0.05, 0.1) is 11.4 Å². The van der Waals surface area contributed by atoms with E-state index < -0.39 is 10.0 Å². The van der Waals surface area contributed by atoms with Crippen LogP contribution >= 0.6 is 0 Å². The van der Waals surface area contributed by atoms with Crippen molar-refractivity contribution in [2.45, 2.75) is 38.1 Å². The van der Waals surface area contributed by atoms with Gasteiger partial charge in [0.2, 0.25) is 10.0 Å². The van der Waals surface area contributed by atoms with Crippen molar-refractivity contribution in [3.8, 4) is 0 Å². The zero-order valence-electron chi connectivity index (χ0n) is 12.0. The summed E-state index contributed by atoms with van der Waals surface area (Å²) >= 11 is 0. The monoisotopic (exact) mass is 286 g/mol. The minimum absolute atomic E-state index is 0.288. The van der Waals surface area contributed by atoms with Gasteiger partial charge < -0.3 is 4.90 Å². The first kappa shape index (κ1) is 14.5. The Morgan fingerprint density at radius 3 is 2.58 bits per heavy atom. The topological polar surface area (TPSA) is 69.3 Å². The van der Waals surface area contributed by atoms with Gasteiger partial charge in [-0.3, -0.25) is 5.10 Å². The number of rotatable bonds is 3. The second-order valence-electron chi connectivity index (χ2n) is 5.17. The molecule has 0 saturated carbocycles. The number of piperazine rings is 1. The largest absolute Gasteiger partial charge is 0.301 e. The van der Waals surface area contributed by atoms with Crippen LogP contribution in [0.4, 0.5) is 0 Å². The molecule has 0 bridgehead atoms. The van der Waals surface area contributed by atoms with Crippen molar-refractivity contribution >= 4 is 10.0 Å². The second kappa shape index (κ2) is 5.22. The minimum Gasteiger partial charge on any atom is -0.301 e. The highest BCUT2D eigenvalue weighted by Crippen LogP contribution is 2.24. The van der Waals surface area contributed by atoms with Gasteiger partial charge >= 0.3 is 0 Å². The van der Waals surface area contributed by atoms with Crippen molar-refractivity contribution in [2.75, 3.05) is 26.7 Å². The zero-order valence-corrected chi connectivity index (χ0v) is 12.8. The van der Waals surface area contributed by atoms with Crippen molar-refractivity contribution in [3.63, 3.8) is 0 Å². The molecule has 1 aliphatic rings. The van der Waals surface area contributed by atoms with E-state index in [1.54, 1.807) is 18.2 Å². The van der Waals surface area contributed by atoms with Crippen LogP contribution in [0.25, 0.3) is 0 Å². The molecule has 0 aromatic carbocycles. The molecule has 0 amide bonds. The number of aromatic amines is 1. The molecule has 1 aliphatic heterocycles. The number of hydrogen-bond donors (Lipinski definition) is 1. The lowest BCUT2D eigenvalue weighted by Crippen LogP contribution is -2.52. The molecule has 1 unspecified atom stereocenters. The van der Waals surface area contributed by atoms with Crippen LogP contribution in [0.1, 0.15) is 24.7 Å². The fraction of sp³-hybridized carbons (Fsp3) is 0.750. The third kappa shape index (κ3) is 2.54. The molecule has 0 radical (unpaired) electrons. The van der Waals surface area contributed by atoms with Gasteiger partial charge in [-0.15, -0.1) is 0 Å². The fourth-order valence-electron chi connectivity index (χ4n) is 2.63. The Bertz CT molecular complexity index is 533. The Morgan fingerprint density at radius 2 is 2.05 bits per heavy atom. The number of hydrogen-bond acceptors (Lipinski definition) is 4. The molecule has 108 valence electrons. The molecule has 1 fully saturated rings. The number of sulfonamides is 1. The summed E-state index contributed by atoms with van der Waals surface area (Å²) in [7, 11) is -1.39. The molecule has 0 aliphatic carbocycles. The van der Waals surface area contributed by atoms with E-state index in [0.29, 0.717) is 29.4 Å². The molecule has 1 aromatic heterocycles. The maximum Gasteiger partial charge on any atom is 0.246 e. The Morgan fingerprint density at radius 1 is 1.37 bits per heavy atom. The van der Waals surface area contributed by atoms with Gasteiger partial charge in [-0.1, -0.05) is 6.92 Å². The molecule has 0 spiro atoms. The van der Waals surface area contributed by atoms with Gasteiger partial charge in [-0.2, -0.15) is 9.40 Å². The van der Waals surface area contributed by atoms with Crippen molar-refractivity contribution in [1.82, 2.24) is 19.4 Å². The van der Waals surface area contributed by atoms with E-state index in [2.05, 4.69) is 22.0 Å². The Balaban J connectivity index is 2.31. The number of aryl methyl sites for hydroxylation is 2. The van der Waals surface area contributed by atoms with Crippen LogP contribution in [-0.4, -0.2) is 60.5 Å². The van der Waals surface area contributed by atoms with Gasteiger partial charge in [0.1, 0.15) is 4.90 Å². The van der Waals surface area contributed by atoms with E-state index in [1.807, 2.05) is 7.05 Å². The van der Waals surface area contributed by atoms with Gasteiger partial charge in [0.25, 0.3) is 0 Å².